The van der Waals surface area contributed by atoms with Gasteiger partial charge in [0.25, 0.3) is 5.56 Å². The highest BCUT2D eigenvalue weighted by Crippen LogP contribution is 2.19. The van der Waals surface area contributed by atoms with Crippen LogP contribution < -0.4 is 5.56 Å². The summed E-state index contributed by atoms with van der Waals surface area (Å²) in [6, 6.07) is 14.3. The molecule has 140 valence electrons. The molecule has 0 radical (unpaired) electrons. The van der Waals surface area contributed by atoms with Gasteiger partial charge in [-0.15, -0.1) is 0 Å². The summed E-state index contributed by atoms with van der Waals surface area (Å²) < 4.78 is 2.33. The number of unbranched alkanes of at least 4 members (excludes halogenated alkanes) is 1. The largest absolute Gasteiger partial charge is 0.349 e. The third-order valence-corrected chi connectivity index (χ3v) is 5.18. The molecule has 5 nitrogen and oxygen atoms in total. The Morgan fingerprint density at radius 3 is 2.81 bits per heavy atom. The Hall–Kier alpha value is -2.66. The molecule has 0 unspecified atom stereocenters. The monoisotopic (exact) mass is 362 g/mol. The number of aryl methyl sites for hydroxylation is 1. The zero-order valence-electron chi connectivity index (χ0n) is 15.8. The molecule has 1 N–H and O–H groups in total. The Kier molecular flexibility index (Phi) is 5.21. The lowest BCUT2D eigenvalue weighted by molar-refractivity contribution is 0.213. The average molecular weight is 362 g/mol. The summed E-state index contributed by atoms with van der Waals surface area (Å²) in [4.78, 5) is 21.9. The number of benzene rings is 1. The van der Waals surface area contributed by atoms with Gasteiger partial charge in [0.15, 0.2) is 0 Å². The lowest BCUT2D eigenvalue weighted by Crippen LogP contribution is -2.32. The van der Waals surface area contributed by atoms with E-state index in [1.807, 2.05) is 0 Å². The Morgan fingerprint density at radius 1 is 1.15 bits per heavy atom. The van der Waals surface area contributed by atoms with E-state index in [2.05, 4.69) is 69.0 Å². The number of hydrogen-bond acceptors (Lipinski definition) is 3. The van der Waals surface area contributed by atoms with Gasteiger partial charge < -0.3 is 9.55 Å². The molecule has 3 aromatic rings. The summed E-state index contributed by atoms with van der Waals surface area (Å²) in [5, 5.41) is 0. The van der Waals surface area contributed by atoms with E-state index in [4.69, 9.17) is 0 Å². The molecular weight excluding hydrogens is 336 g/mol. The van der Waals surface area contributed by atoms with Gasteiger partial charge in [-0.25, -0.2) is 4.98 Å². The molecule has 2 aromatic heterocycles. The van der Waals surface area contributed by atoms with Gasteiger partial charge in [-0.3, -0.25) is 9.69 Å². The van der Waals surface area contributed by atoms with Crippen molar-refractivity contribution in [2.24, 2.45) is 0 Å². The minimum Gasteiger partial charge on any atom is -0.349 e. The summed E-state index contributed by atoms with van der Waals surface area (Å²) >= 11 is 0. The van der Waals surface area contributed by atoms with Crippen LogP contribution in [0.4, 0.5) is 0 Å². The minimum absolute atomic E-state index is 0.0773. The maximum atomic E-state index is 12.0. The van der Waals surface area contributed by atoms with Gasteiger partial charge in [-0.2, -0.15) is 0 Å². The highest BCUT2D eigenvalue weighted by Gasteiger charge is 2.15. The molecule has 0 fully saturated rings. The second kappa shape index (κ2) is 7.92. The highest BCUT2D eigenvalue weighted by molar-refractivity contribution is 5.55. The number of nitrogens with zero attached hydrogens (tertiary/aromatic N) is 3. The average Bonchev–Trinajstić information content (AvgIpc) is 3.14. The Balaban J connectivity index is 1.46. The lowest BCUT2D eigenvalue weighted by atomic mass is 10.1. The third-order valence-electron chi connectivity index (χ3n) is 5.18. The van der Waals surface area contributed by atoms with E-state index in [9.17, 15) is 4.79 Å². The predicted molar refractivity (Wildman–Crippen MR) is 107 cm³/mol. The Labute approximate surface area is 159 Å². The van der Waals surface area contributed by atoms with Crippen molar-refractivity contribution in [1.29, 1.82) is 0 Å². The predicted octanol–water partition coefficient (Wildman–Crippen LogP) is 3.60. The summed E-state index contributed by atoms with van der Waals surface area (Å²) in [6.45, 7) is 6.19. The van der Waals surface area contributed by atoms with Gasteiger partial charge in [0, 0.05) is 55.4 Å². The molecule has 0 aliphatic carbocycles. The number of fused-ring (bicyclic) bond motifs is 1. The maximum Gasteiger partial charge on any atom is 0.251 e. The molecule has 0 amide bonds. The fourth-order valence-electron chi connectivity index (χ4n) is 3.66. The second-order valence-electron chi connectivity index (χ2n) is 7.29. The SMILES string of the molecule is CCCCc1cc(=O)[nH]c(-c2ccc(CN3CCn4cccc4C3)cc2)n1. The van der Waals surface area contributed by atoms with Gasteiger partial charge in [-0.05, 0) is 30.5 Å². The van der Waals surface area contributed by atoms with Crippen molar-refractivity contribution in [3.8, 4) is 11.4 Å². The van der Waals surface area contributed by atoms with Crippen LogP contribution in [0.1, 0.15) is 36.7 Å². The topological polar surface area (TPSA) is 53.9 Å². The standard InChI is InChI=1S/C22H26N4O/c1-2-3-5-19-14-21(27)24-22(23-19)18-9-7-17(8-10-18)15-25-12-13-26-11-4-6-20(26)16-25/h4,6-11,14H,2-3,5,12-13,15-16H2,1H3,(H,23,24,27). The molecule has 0 saturated heterocycles. The van der Waals surface area contributed by atoms with Crippen LogP contribution in [0.15, 0.2) is 53.5 Å². The first kappa shape index (κ1) is 17.7. The Morgan fingerprint density at radius 2 is 2.00 bits per heavy atom. The molecule has 4 rings (SSSR count). The van der Waals surface area contributed by atoms with Crippen LogP contribution in [0.2, 0.25) is 0 Å². The molecule has 1 aliphatic rings. The summed E-state index contributed by atoms with van der Waals surface area (Å²) in [5.41, 5.74) is 4.41. The van der Waals surface area contributed by atoms with Crippen molar-refractivity contribution >= 4 is 0 Å². The first-order chi connectivity index (χ1) is 13.2. The smallest absolute Gasteiger partial charge is 0.251 e. The minimum atomic E-state index is -0.0773. The molecule has 0 saturated carbocycles. The van der Waals surface area contributed by atoms with Crippen molar-refractivity contribution < 1.29 is 0 Å². The second-order valence-corrected chi connectivity index (χ2v) is 7.29. The van der Waals surface area contributed by atoms with Crippen molar-refractivity contribution in [1.82, 2.24) is 19.4 Å². The normalized spacial score (nSPS) is 14.3. The van der Waals surface area contributed by atoms with Crippen LogP contribution in [-0.4, -0.2) is 26.0 Å². The third kappa shape index (κ3) is 4.19. The van der Waals surface area contributed by atoms with Crippen LogP contribution in [0, 0.1) is 0 Å². The maximum absolute atomic E-state index is 12.0. The molecule has 0 bridgehead atoms. The summed E-state index contributed by atoms with van der Waals surface area (Å²) in [7, 11) is 0. The fraction of sp³-hybridized carbons (Fsp3) is 0.364. The molecule has 0 spiro atoms. The van der Waals surface area contributed by atoms with E-state index in [1.54, 1.807) is 6.07 Å². The van der Waals surface area contributed by atoms with Crippen LogP contribution in [0.25, 0.3) is 11.4 Å². The first-order valence-corrected chi connectivity index (χ1v) is 9.77. The molecule has 1 aliphatic heterocycles. The molecular formula is C22H26N4O. The Bertz CT molecular complexity index is 955. The molecule has 5 heteroatoms. The number of aromatic amines is 1. The molecule has 27 heavy (non-hydrogen) atoms. The van der Waals surface area contributed by atoms with Crippen LogP contribution in [0.3, 0.4) is 0 Å². The first-order valence-electron chi connectivity index (χ1n) is 9.77. The number of nitrogens with one attached hydrogen (secondary N) is 1. The van der Waals surface area contributed by atoms with Crippen molar-refractivity contribution in [2.45, 2.75) is 45.8 Å². The fourth-order valence-corrected chi connectivity index (χ4v) is 3.66. The quantitative estimate of drug-likeness (QED) is 0.729. The van der Waals surface area contributed by atoms with Crippen LogP contribution >= 0.6 is 0 Å². The zero-order chi connectivity index (χ0) is 18.6. The number of hydrogen-bond donors (Lipinski definition) is 1. The van der Waals surface area contributed by atoms with Gasteiger partial charge in [0.1, 0.15) is 5.82 Å². The molecule has 3 heterocycles. The van der Waals surface area contributed by atoms with Crippen molar-refractivity contribution in [3.63, 3.8) is 0 Å². The highest BCUT2D eigenvalue weighted by atomic mass is 16.1. The summed E-state index contributed by atoms with van der Waals surface area (Å²) in [5.74, 6) is 0.663. The van der Waals surface area contributed by atoms with Gasteiger partial charge in [0.05, 0.1) is 0 Å². The number of aromatic nitrogens is 3. The summed E-state index contributed by atoms with van der Waals surface area (Å²) in [6.07, 6.45) is 5.15. The van der Waals surface area contributed by atoms with Gasteiger partial charge in [0.2, 0.25) is 0 Å². The van der Waals surface area contributed by atoms with E-state index in [0.29, 0.717) is 5.82 Å². The van der Waals surface area contributed by atoms with Crippen molar-refractivity contribution in [2.75, 3.05) is 6.54 Å². The molecule has 1 aromatic carbocycles. The van der Waals surface area contributed by atoms with E-state index < -0.39 is 0 Å². The number of rotatable bonds is 6. The number of H-pyrrole nitrogens is 1. The van der Waals surface area contributed by atoms with E-state index in [-0.39, 0.29) is 5.56 Å². The van der Waals surface area contributed by atoms with Gasteiger partial charge in [-0.1, -0.05) is 37.6 Å². The van der Waals surface area contributed by atoms with E-state index in [0.717, 1.165) is 56.7 Å². The molecule has 0 atom stereocenters. The van der Waals surface area contributed by atoms with E-state index in [1.165, 1.54) is 11.3 Å². The lowest BCUT2D eigenvalue weighted by Gasteiger charge is -2.28. The van der Waals surface area contributed by atoms with Crippen LogP contribution in [0.5, 0.6) is 0 Å². The van der Waals surface area contributed by atoms with Gasteiger partial charge >= 0.3 is 0 Å². The van der Waals surface area contributed by atoms with E-state index >= 15 is 0 Å². The zero-order valence-corrected chi connectivity index (χ0v) is 15.8. The van der Waals surface area contributed by atoms with Crippen molar-refractivity contribution in [3.05, 3.63) is 76.0 Å². The van der Waals surface area contributed by atoms with Crippen LogP contribution in [-0.2, 0) is 26.1 Å².